The minimum Gasteiger partial charge on any atom is -0.340 e. The minimum atomic E-state index is 0.683. The van der Waals surface area contributed by atoms with E-state index in [1.165, 1.54) is 11.3 Å². The summed E-state index contributed by atoms with van der Waals surface area (Å²) in [4.78, 5) is 19.4. The largest absolute Gasteiger partial charge is 0.340 e. The number of rotatable bonds is 5. The highest BCUT2D eigenvalue weighted by Gasteiger charge is 2.25. The highest BCUT2D eigenvalue weighted by molar-refractivity contribution is 7.09. The molecule has 2 aromatic heterocycles. The second-order valence-electron chi connectivity index (χ2n) is 6.16. The normalized spacial score (nSPS) is 18.4. The van der Waals surface area contributed by atoms with Crippen LogP contribution in [0.2, 0.25) is 0 Å². The van der Waals surface area contributed by atoms with Gasteiger partial charge in [0.2, 0.25) is 5.95 Å². The molecule has 0 spiro atoms. The Bertz CT molecular complexity index is 627. The third-order valence-corrected chi connectivity index (χ3v) is 5.10. The van der Waals surface area contributed by atoms with Gasteiger partial charge in [0.05, 0.1) is 11.2 Å². The van der Waals surface area contributed by atoms with Gasteiger partial charge in [-0.2, -0.15) is 0 Å². The fourth-order valence-electron chi connectivity index (χ4n) is 2.98. The molecule has 0 N–H and O–H groups in total. The SMILES string of the molecule is Cc1ccnc(N2CCC(CN(C)Cc3scnc3C)C2)n1. The Kier molecular flexibility index (Phi) is 4.69. The maximum atomic E-state index is 4.54. The smallest absolute Gasteiger partial charge is 0.225 e. The number of thiazole rings is 1. The zero-order valence-corrected chi connectivity index (χ0v) is 14.3. The minimum absolute atomic E-state index is 0.683. The molecule has 1 fully saturated rings. The van der Waals surface area contributed by atoms with Crippen molar-refractivity contribution in [1.82, 2.24) is 19.9 Å². The van der Waals surface area contributed by atoms with Crippen LogP contribution >= 0.6 is 11.3 Å². The van der Waals surface area contributed by atoms with Crippen LogP contribution in [-0.2, 0) is 6.54 Å². The Morgan fingerprint density at radius 3 is 2.95 bits per heavy atom. The van der Waals surface area contributed by atoms with Crippen molar-refractivity contribution in [3.8, 4) is 0 Å². The summed E-state index contributed by atoms with van der Waals surface area (Å²) in [6, 6.07) is 1.95. The van der Waals surface area contributed by atoms with E-state index in [1.807, 2.05) is 24.7 Å². The van der Waals surface area contributed by atoms with E-state index in [1.54, 1.807) is 11.3 Å². The summed E-state index contributed by atoms with van der Waals surface area (Å²) in [6.07, 6.45) is 3.06. The van der Waals surface area contributed by atoms with Crippen LogP contribution in [0.1, 0.15) is 22.7 Å². The molecule has 5 nitrogen and oxygen atoms in total. The van der Waals surface area contributed by atoms with E-state index in [0.29, 0.717) is 5.92 Å². The number of anilines is 1. The average molecular weight is 317 g/mol. The molecule has 0 saturated carbocycles. The van der Waals surface area contributed by atoms with Crippen LogP contribution in [0.15, 0.2) is 17.8 Å². The van der Waals surface area contributed by atoms with E-state index in [2.05, 4.69) is 38.7 Å². The van der Waals surface area contributed by atoms with Crippen LogP contribution in [-0.4, -0.2) is 46.5 Å². The van der Waals surface area contributed by atoms with Crippen molar-refractivity contribution in [3.63, 3.8) is 0 Å². The number of nitrogens with zero attached hydrogens (tertiary/aromatic N) is 5. The molecular weight excluding hydrogens is 294 g/mol. The van der Waals surface area contributed by atoms with E-state index in [4.69, 9.17) is 0 Å². The fourth-order valence-corrected chi connectivity index (χ4v) is 3.84. The van der Waals surface area contributed by atoms with Crippen LogP contribution in [0.4, 0.5) is 5.95 Å². The van der Waals surface area contributed by atoms with Gasteiger partial charge in [0.15, 0.2) is 0 Å². The molecule has 0 radical (unpaired) electrons. The summed E-state index contributed by atoms with van der Waals surface area (Å²) >= 11 is 1.75. The van der Waals surface area contributed by atoms with Gasteiger partial charge in [0, 0.05) is 42.9 Å². The molecular formula is C16H23N5S. The van der Waals surface area contributed by atoms with Crippen molar-refractivity contribution in [1.29, 1.82) is 0 Å². The maximum absolute atomic E-state index is 4.54. The molecule has 1 atom stereocenters. The van der Waals surface area contributed by atoms with E-state index in [0.717, 1.165) is 43.5 Å². The van der Waals surface area contributed by atoms with Gasteiger partial charge < -0.3 is 9.80 Å². The summed E-state index contributed by atoms with van der Waals surface area (Å²) in [5.74, 6) is 1.56. The van der Waals surface area contributed by atoms with Gasteiger partial charge in [-0.15, -0.1) is 11.3 Å². The lowest BCUT2D eigenvalue weighted by Crippen LogP contribution is -2.28. The van der Waals surface area contributed by atoms with Gasteiger partial charge in [-0.05, 0) is 39.3 Å². The molecule has 1 unspecified atom stereocenters. The molecule has 0 aliphatic carbocycles. The predicted molar refractivity (Wildman–Crippen MR) is 90.3 cm³/mol. The molecule has 6 heteroatoms. The highest BCUT2D eigenvalue weighted by atomic mass is 32.1. The molecule has 1 aliphatic heterocycles. The summed E-state index contributed by atoms with van der Waals surface area (Å²) in [6.45, 7) is 8.32. The Morgan fingerprint density at radius 2 is 2.23 bits per heavy atom. The van der Waals surface area contributed by atoms with Crippen LogP contribution in [0, 0.1) is 19.8 Å². The van der Waals surface area contributed by atoms with Gasteiger partial charge >= 0.3 is 0 Å². The average Bonchev–Trinajstić information content (AvgIpc) is 3.09. The van der Waals surface area contributed by atoms with Crippen molar-refractivity contribution in [2.24, 2.45) is 5.92 Å². The molecule has 3 rings (SSSR count). The Hall–Kier alpha value is -1.53. The maximum Gasteiger partial charge on any atom is 0.225 e. The molecule has 1 aliphatic rings. The second-order valence-corrected chi connectivity index (χ2v) is 7.10. The summed E-state index contributed by atoms with van der Waals surface area (Å²) in [5.41, 5.74) is 4.13. The lowest BCUT2D eigenvalue weighted by atomic mass is 10.1. The zero-order chi connectivity index (χ0) is 15.5. The summed E-state index contributed by atoms with van der Waals surface area (Å²) in [7, 11) is 2.20. The third kappa shape index (κ3) is 3.62. The number of aryl methyl sites for hydroxylation is 2. The van der Waals surface area contributed by atoms with Crippen LogP contribution < -0.4 is 4.90 Å². The molecule has 2 aromatic rings. The second kappa shape index (κ2) is 6.71. The van der Waals surface area contributed by atoms with Crippen molar-refractivity contribution in [3.05, 3.63) is 34.0 Å². The lowest BCUT2D eigenvalue weighted by Gasteiger charge is -2.21. The molecule has 0 bridgehead atoms. The molecule has 118 valence electrons. The Balaban J connectivity index is 1.53. The number of aromatic nitrogens is 3. The first-order valence-corrected chi connectivity index (χ1v) is 8.62. The first-order chi connectivity index (χ1) is 10.6. The van der Waals surface area contributed by atoms with Crippen molar-refractivity contribution >= 4 is 17.3 Å². The van der Waals surface area contributed by atoms with E-state index in [-0.39, 0.29) is 0 Å². The molecule has 22 heavy (non-hydrogen) atoms. The Labute approximate surface area is 136 Å². The van der Waals surface area contributed by atoms with E-state index >= 15 is 0 Å². The van der Waals surface area contributed by atoms with Crippen molar-refractivity contribution in [2.45, 2.75) is 26.8 Å². The summed E-state index contributed by atoms with van der Waals surface area (Å²) in [5, 5.41) is 0. The molecule has 1 saturated heterocycles. The van der Waals surface area contributed by atoms with Gasteiger partial charge in [0.25, 0.3) is 0 Å². The quantitative estimate of drug-likeness (QED) is 0.848. The van der Waals surface area contributed by atoms with E-state index in [9.17, 15) is 0 Å². The monoisotopic (exact) mass is 317 g/mol. The van der Waals surface area contributed by atoms with Gasteiger partial charge in [-0.1, -0.05) is 0 Å². The molecule has 0 aromatic carbocycles. The van der Waals surface area contributed by atoms with Crippen molar-refractivity contribution in [2.75, 3.05) is 31.6 Å². The number of hydrogen-bond donors (Lipinski definition) is 0. The Morgan fingerprint density at radius 1 is 1.36 bits per heavy atom. The first-order valence-electron chi connectivity index (χ1n) is 7.74. The van der Waals surface area contributed by atoms with Gasteiger partial charge in [0.1, 0.15) is 0 Å². The fraction of sp³-hybridized carbons (Fsp3) is 0.562. The third-order valence-electron chi connectivity index (χ3n) is 4.18. The lowest BCUT2D eigenvalue weighted by molar-refractivity contribution is 0.281. The molecule has 3 heterocycles. The topological polar surface area (TPSA) is 45.2 Å². The standard InChI is InChI=1S/C16H23N5S/c1-12-4-6-17-16(19-12)21-7-5-14(9-21)8-20(3)10-15-13(2)18-11-22-15/h4,6,11,14H,5,7-10H2,1-3H3. The van der Waals surface area contributed by atoms with Gasteiger partial charge in [-0.3, -0.25) is 0 Å². The highest BCUT2D eigenvalue weighted by Crippen LogP contribution is 2.22. The van der Waals surface area contributed by atoms with Crippen LogP contribution in [0.3, 0.4) is 0 Å². The van der Waals surface area contributed by atoms with Gasteiger partial charge in [-0.25, -0.2) is 15.0 Å². The van der Waals surface area contributed by atoms with E-state index < -0.39 is 0 Å². The number of hydrogen-bond acceptors (Lipinski definition) is 6. The first kappa shape index (κ1) is 15.4. The zero-order valence-electron chi connectivity index (χ0n) is 13.5. The predicted octanol–water partition coefficient (Wildman–Crippen LogP) is 2.51. The van der Waals surface area contributed by atoms with Crippen molar-refractivity contribution < 1.29 is 0 Å². The van der Waals surface area contributed by atoms with Crippen LogP contribution in [0.25, 0.3) is 0 Å². The molecule has 0 amide bonds. The summed E-state index contributed by atoms with van der Waals surface area (Å²) < 4.78 is 0. The van der Waals surface area contributed by atoms with Crippen LogP contribution in [0.5, 0.6) is 0 Å².